The standard InChI is InChI=1S/C64H42N2S2/c1-3-19-43(20-4-1)44-37-39-47(40-38-44)65(58-42-41-49(46-21-5-2-6-22-46)64-63(58)53-29-12-16-35-60(53)68-64)55-30-13-9-26-50(55)51-27-10-14-31-56(51)66(54-32-17-24-45-23-7-8-25-48(45)54)57-33-18-36-61-62(57)52-28-11-15-34-59(52)67-61/h1-42H. The smallest absolute Gasteiger partial charge is 0.0555 e. The van der Waals surface area contributed by atoms with E-state index in [1.807, 2.05) is 22.7 Å². The number of benzene rings is 11. The Bertz CT molecular complexity index is 3980. The van der Waals surface area contributed by atoms with Gasteiger partial charge in [-0.2, -0.15) is 0 Å². The van der Waals surface area contributed by atoms with Crippen LogP contribution in [-0.4, -0.2) is 0 Å². The summed E-state index contributed by atoms with van der Waals surface area (Å²) in [6, 6.07) is 93.3. The van der Waals surface area contributed by atoms with Crippen molar-refractivity contribution in [1.82, 2.24) is 0 Å². The molecule has 2 nitrogen and oxygen atoms in total. The van der Waals surface area contributed by atoms with E-state index < -0.39 is 0 Å². The molecule has 0 saturated carbocycles. The van der Waals surface area contributed by atoms with Gasteiger partial charge in [0, 0.05) is 62.5 Å². The third kappa shape index (κ3) is 6.76. The van der Waals surface area contributed by atoms with Crippen LogP contribution in [0.5, 0.6) is 0 Å². The molecule has 68 heavy (non-hydrogen) atoms. The predicted octanol–water partition coefficient (Wildman–Crippen LogP) is 19.5. The zero-order valence-corrected chi connectivity index (χ0v) is 38.6. The summed E-state index contributed by atoms with van der Waals surface area (Å²) in [5.74, 6) is 0. The van der Waals surface area contributed by atoms with E-state index in [0.29, 0.717) is 0 Å². The lowest BCUT2D eigenvalue weighted by molar-refractivity contribution is 1.29. The lowest BCUT2D eigenvalue weighted by atomic mass is 9.96. The number of rotatable bonds is 9. The minimum atomic E-state index is 1.08. The molecule has 0 amide bonds. The molecular weight excluding hydrogens is 861 g/mol. The average Bonchev–Trinajstić information content (AvgIpc) is 4.00. The van der Waals surface area contributed by atoms with Crippen molar-refractivity contribution in [3.8, 4) is 33.4 Å². The maximum atomic E-state index is 2.52. The molecule has 0 fully saturated rings. The second kappa shape index (κ2) is 16.9. The Labute approximate surface area is 403 Å². The molecule has 2 aromatic heterocycles. The summed E-state index contributed by atoms with van der Waals surface area (Å²) in [6.45, 7) is 0. The van der Waals surface area contributed by atoms with Gasteiger partial charge in [0.05, 0.1) is 28.4 Å². The van der Waals surface area contributed by atoms with E-state index in [2.05, 4.69) is 265 Å². The van der Waals surface area contributed by atoms with Crippen LogP contribution in [0.2, 0.25) is 0 Å². The highest BCUT2D eigenvalue weighted by molar-refractivity contribution is 7.26. The number of para-hydroxylation sites is 2. The summed E-state index contributed by atoms with van der Waals surface area (Å²) in [5, 5.41) is 7.42. The maximum absolute atomic E-state index is 2.52. The van der Waals surface area contributed by atoms with Crippen LogP contribution in [0.1, 0.15) is 0 Å². The molecule has 0 bridgehead atoms. The third-order valence-electron chi connectivity index (χ3n) is 13.3. The fraction of sp³-hybridized carbons (Fsp3) is 0. The minimum Gasteiger partial charge on any atom is -0.309 e. The molecule has 13 rings (SSSR count). The van der Waals surface area contributed by atoms with Gasteiger partial charge in [0.2, 0.25) is 0 Å². The van der Waals surface area contributed by atoms with Crippen molar-refractivity contribution in [2.45, 2.75) is 0 Å². The molecular formula is C64H42N2S2. The van der Waals surface area contributed by atoms with Gasteiger partial charge in [-0.05, 0) is 88.3 Å². The number of anilines is 6. The number of nitrogens with zero attached hydrogens (tertiary/aromatic N) is 2. The molecule has 0 unspecified atom stereocenters. The number of hydrogen-bond donors (Lipinski definition) is 0. The molecule has 0 aliphatic rings. The first-order chi connectivity index (χ1) is 33.8. The molecule has 0 atom stereocenters. The topological polar surface area (TPSA) is 6.48 Å². The van der Waals surface area contributed by atoms with Gasteiger partial charge in [0.1, 0.15) is 0 Å². The van der Waals surface area contributed by atoms with Crippen LogP contribution in [0, 0.1) is 0 Å². The van der Waals surface area contributed by atoms with Crippen LogP contribution in [0.25, 0.3) is 84.5 Å². The predicted molar refractivity (Wildman–Crippen MR) is 295 cm³/mol. The van der Waals surface area contributed by atoms with Crippen LogP contribution < -0.4 is 9.80 Å². The third-order valence-corrected chi connectivity index (χ3v) is 15.6. The largest absolute Gasteiger partial charge is 0.309 e. The molecule has 2 heterocycles. The van der Waals surface area contributed by atoms with Crippen LogP contribution >= 0.6 is 22.7 Å². The summed E-state index contributed by atoms with van der Waals surface area (Å²) < 4.78 is 5.09. The van der Waals surface area contributed by atoms with Gasteiger partial charge in [-0.15, -0.1) is 22.7 Å². The number of thiophene rings is 2. The van der Waals surface area contributed by atoms with Gasteiger partial charge in [-0.25, -0.2) is 0 Å². The van der Waals surface area contributed by atoms with Crippen LogP contribution in [0.3, 0.4) is 0 Å². The summed E-state index contributed by atoms with van der Waals surface area (Å²) >= 11 is 3.74. The quantitative estimate of drug-likeness (QED) is 0.142. The normalized spacial score (nSPS) is 11.5. The Morgan fingerprint density at radius 3 is 1.47 bits per heavy atom. The molecule has 0 radical (unpaired) electrons. The Kier molecular flexibility index (Phi) is 9.93. The van der Waals surface area contributed by atoms with E-state index in [4.69, 9.17) is 0 Å². The Balaban J connectivity index is 1.09. The van der Waals surface area contributed by atoms with Crippen molar-refractivity contribution >= 4 is 108 Å². The fourth-order valence-electron chi connectivity index (χ4n) is 10.2. The van der Waals surface area contributed by atoms with Gasteiger partial charge in [0.15, 0.2) is 0 Å². The molecule has 0 aliphatic heterocycles. The van der Waals surface area contributed by atoms with E-state index in [1.54, 1.807) is 0 Å². The molecule has 11 aromatic carbocycles. The van der Waals surface area contributed by atoms with E-state index in [9.17, 15) is 0 Å². The van der Waals surface area contributed by atoms with Gasteiger partial charge < -0.3 is 9.80 Å². The Morgan fingerprint density at radius 1 is 0.250 bits per heavy atom. The second-order valence-corrected chi connectivity index (χ2v) is 19.3. The summed E-state index contributed by atoms with van der Waals surface area (Å²) in [4.78, 5) is 5.03. The van der Waals surface area contributed by atoms with Crippen molar-refractivity contribution in [3.63, 3.8) is 0 Å². The highest BCUT2D eigenvalue weighted by Crippen LogP contribution is 2.53. The first-order valence-corrected chi connectivity index (χ1v) is 24.7. The zero-order chi connectivity index (χ0) is 45.0. The monoisotopic (exact) mass is 902 g/mol. The summed E-state index contributed by atoms with van der Waals surface area (Å²) in [5.41, 5.74) is 13.8. The van der Waals surface area contributed by atoms with Crippen LogP contribution in [-0.2, 0) is 0 Å². The van der Waals surface area contributed by atoms with Crippen molar-refractivity contribution in [3.05, 3.63) is 255 Å². The summed E-state index contributed by atoms with van der Waals surface area (Å²) in [6.07, 6.45) is 0. The average molecular weight is 903 g/mol. The first-order valence-electron chi connectivity index (χ1n) is 23.1. The van der Waals surface area contributed by atoms with Gasteiger partial charge in [-0.3, -0.25) is 0 Å². The molecule has 0 saturated heterocycles. The molecule has 13 aromatic rings. The summed E-state index contributed by atoms with van der Waals surface area (Å²) in [7, 11) is 0. The van der Waals surface area contributed by atoms with E-state index in [1.165, 1.54) is 73.4 Å². The first kappa shape index (κ1) is 40.0. The Morgan fingerprint density at radius 2 is 0.735 bits per heavy atom. The van der Waals surface area contributed by atoms with Crippen molar-refractivity contribution in [2.75, 3.05) is 9.80 Å². The van der Waals surface area contributed by atoms with Crippen molar-refractivity contribution in [2.24, 2.45) is 0 Å². The van der Waals surface area contributed by atoms with Gasteiger partial charge in [0.25, 0.3) is 0 Å². The number of hydrogen-bond acceptors (Lipinski definition) is 4. The second-order valence-electron chi connectivity index (χ2n) is 17.2. The highest BCUT2D eigenvalue weighted by Gasteiger charge is 2.27. The van der Waals surface area contributed by atoms with Crippen LogP contribution in [0.4, 0.5) is 34.1 Å². The van der Waals surface area contributed by atoms with E-state index in [-0.39, 0.29) is 0 Å². The molecule has 0 spiro atoms. The Hall–Kier alpha value is -8.28. The maximum Gasteiger partial charge on any atom is 0.0555 e. The SMILES string of the molecule is c1ccc(-c2ccc(N(c3ccccc3-c3ccccc3N(c3cccc4ccccc34)c3cccc4sc5ccccc5c34)c3ccc(-c4ccccc4)c4sc5ccccc5c34)cc2)cc1. The fourth-order valence-corrected chi connectivity index (χ4v) is 12.6. The van der Waals surface area contributed by atoms with E-state index in [0.717, 1.165) is 45.3 Å². The molecule has 0 aliphatic carbocycles. The highest BCUT2D eigenvalue weighted by atomic mass is 32.1. The molecule has 0 N–H and O–H groups in total. The molecule has 320 valence electrons. The number of fused-ring (bicyclic) bond motifs is 7. The lowest BCUT2D eigenvalue weighted by Gasteiger charge is -2.32. The van der Waals surface area contributed by atoms with Crippen LogP contribution in [0.15, 0.2) is 255 Å². The molecule has 4 heteroatoms. The van der Waals surface area contributed by atoms with Gasteiger partial charge in [-0.1, -0.05) is 194 Å². The minimum absolute atomic E-state index is 1.08. The van der Waals surface area contributed by atoms with Gasteiger partial charge >= 0.3 is 0 Å². The van der Waals surface area contributed by atoms with E-state index >= 15 is 0 Å². The van der Waals surface area contributed by atoms with Crippen molar-refractivity contribution < 1.29 is 0 Å². The zero-order valence-electron chi connectivity index (χ0n) is 37.0. The van der Waals surface area contributed by atoms with Crippen molar-refractivity contribution in [1.29, 1.82) is 0 Å². The lowest BCUT2D eigenvalue weighted by Crippen LogP contribution is -2.14.